The summed E-state index contributed by atoms with van der Waals surface area (Å²) in [5, 5.41) is 0. The molecule has 0 atom stereocenters. The van der Waals surface area contributed by atoms with Crippen LogP contribution in [0.1, 0.15) is 64.1 Å². The zero-order chi connectivity index (χ0) is 11.7. The SMILES string of the molecule is CC1CCC(n2c(C(C)C)c[nH]c2=S)CC1. The Hall–Kier alpha value is -0.570. The summed E-state index contributed by atoms with van der Waals surface area (Å²) in [6.07, 6.45) is 7.34. The molecule has 1 heterocycles. The molecule has 1 aromatic rings. The van der Waals surface area contributed by atoms with E-state index in [0.29, 0.717) is 12.0 Å². The third kappa shape index (κ3) is 2.24. The summed E-state index contributed by atoms with van der Waals surface area (Å²) in [6.45, 7) is 6.83. The lowest BCUT2D eigenvalue weighted by atomic mass is 9.87. The van der Waals surface area contributed by atoms with E-state index in [1.54, 1.807) is 0 Å². The Morgan fingerprint density at radius 2 is 1.94 bits per heavy atom. The van der Waals surface area contributed by atoms with Crippen LogP contribution < -0.4 is 0 Å². The van der Waals surface area contributed by atoms with Crippen molar-refractivity contribution in [2.24, 2.45) is 5.92 Å². The molecule has 1 aromatic heterocycles. The lowest BCUT2D eigenvalue weighted by molar-refractivity contribution is 0.282. The van der Waals surface area contributed by atoms with Gasteiger partial charge in [0.15, 0.2) is 4.77 Å². The average Bonchev–Trinajstić information content (AvgIpc) is 2.62. The average molecular weight is 238 g/mol. The molecule has 0 bridgehead atoms. The highest BCUT2D eigenvalue weighted by atomic mass is 32.1. The van der Waals surface area contributed by atoms with Crippen LogP contribution in [0.25, 0.3) is 0 Å². The Morgan fingerprint density at radius 1 is 1.31 bits per heavy atom. The second kappa shape index (κ2) is 4.74. The van der Waals surface area contributed by atoms with E-state index < -0.39 is 0 Å². The molecule has 1 aliphatic rings. The molecule has 3 heteroatoms. The minimum absolute atomic E-state index is 0.548. The van der Waals surface area contributed by atoms with Crippen LogP contribution in [0.5, 0.6) is 0 Å². The van der Waals surface area contributed by atoms with Gasteiger partial charge >= 0.3 is 0 Å². The first kappa shape index (κ1) is 11.9. The number of hydrogen-bond acceptors (Lipinski definition) is 1. The number of rotatable bonds is 2. The summed E-state index contributed by atoms with van der Waals surface area (Å²) in [6, 6.07) is 0.632. The van der Waals surface area contributed by atoms with Gasteiger partial charge in [0.2, 0.25) is 0 Å². The topological polar surface area (TPSA) is 20.7 Å². The van der Waals surface area contributed by atoms with E-state index >= 15 is 0 Å². The molecule has 0 saturated heterocycles. The maximum atomic E-state index is 5.41. The number of nitrogens with one attached hydrogen (secondary N) is 1. The van der Waals surface area contributed by atoms with Gasteiger partial charge < -0.3 is 9.55 Å². The van der Waals surface area contributed by atoms with Gasteiger partial charge in [-0.2, -0.15) is 0 Å². The maximum absolute atomic E-state index is 5.41. The minimum Gasteiger partial charge on any atom is -0.337 e. The number of aromatic nitrogens is 2. The normalized spacial score (nSPS) is 26.2. The summed E-state index contributed by atoms with van der Waals surface area (Å²) >= 11 is 5.41. The van der Waals surface area contributed by atoms with Crippen molar-refractivity contribution in [3.8, 4) is 0 Å². The third-order valence-corrected chi connectivity index (χ3v) is 4.10. The molecule has 16 heavy (non-hydrogen) atoms. The van der Waals surface area contributed by atoms with E-state index in [-0.39, 0.29) is 0 Å². The summed E-state index contributed by atoms with van der Waals surface area (Å²) in [7, 11) is 0. The van der Waals surface area contributed by atoms with Crippen LogP contribution in [0.15, 0.2) is 6.20 Å². The molecule has 0 aliphatic heterocycles. The standard InChI is InChI=1S/C13H22N2S/c1-9(2)12-8-14-13(16)15(12)11-6-4-10(3)5-7-11/h8-11H,4-7H2,1-3H3,(H,14,16). The number of aromatic amines is 1. The quantitative estimate of drug-likeness (QED) is 0.756. The van der Waals surface area contributed by atoms with Gasteiger partial charge in [-0.3, -0.25) is 0 Å². The molecule has 1 aliphatic carbocycles. The summed E-state index contributed by atoms with van der Waals surface area (Å²) in [5.41, 5.74) is 1.37. The van der Waals surface area contributed by atoms with Crippen molar-refractivity contribution in [1.29, 1.82) is 0 Å². The van der Waals surface area contributed by atoms with E-state index in [2.05, 4.69) is 36.5 Å². The fraction of sp³-hybridized carbons (Fsp3) is 0.769. The van der Waals surface area contributed by atoms with Crippen molar-refractivity contribution in [3.63, 3.8) is 0 Å². The van der Waals surface area contributed by atoms with Crippen LogP contribution >= 0.6 is 12.2 Å². The van der Waals surface area contributed by atoms with Crippen LogP contribution in [0.3, 0.4) is 0 Å². The number of nitrogens with zero attached hydrogens (tertiary/aromatic N) is 1. The van der Waals surface area contributed by atoms with Crippen LogP contribution in [-0.2, 0) is 0 Å². The Bertz CT molecular complexity index is 394. The van der Waals surface area contributed by atoms with E-state index in [1.807, 2.05) is 0 Å². The molecule has 1 N–H and O–H groups in total. The minimum atomic E-state index is 0.548. The van der Waals surface area contributed by atoms with E-state index in [0.717, 1.165) is 10.7 Å². The summed E-state index contributed by atoms with van der Waals surface area (Å²) in [4.78, 5) is 3.20. The molecule has 0 amide bonds. The van der Waals surface area contributed by atoms with Gasteiger partial charge in [0, 0.05) is 17.9 Å². The smallest absolute Gasteiger partial charge is 0.177 e. The van der Waals surface area contributed by atoms with Crippen LogP contribution in [0.4, 0.5) is 0 Å². The molecular weight excluding hydrogens is 216 g/mol. The fourth-order valence-corrected chi connectivity index (χ4v) is 3.03. The van der Waals surface area contributed by atoms with E-state index in [4.69, 9.17) is 12.2 Å². The first-order valence-electron chi connectivity index (χ1n) is 6.39. The van der Waals surface area contributed by atoms with Gasteiger partial charge in [0.05, 0.1) is 0 Å². The largest absolute Gasteiger partial charge is 0.337 e. The number of imidazole rings is 1. The first-order valence-corrected chi connectivity index (χ1v) is 6.80. The highest BCUT2D eigenvalue weighted by molar-refractivity contribution is 7.71. The second-order valence-corrected chi connectivity index (χ2v) is 5.84. The Balaban J connectivity index is 2.26. The van der Waals surface area contributed by atoms with Crippen molar-refractivity contribution in [3.05, 3.63) is 16.7 Å². The first-order chi connectivity index (χ1) is 7.59. The van der Waals surface area contributed by atoms with Gasteiger partial charge in [-0.25, -0.2) is 0 Å². The summed E-state index contributed by atoms with van der Waals surface area (Å²) in [5.74, 6) is 1.44. The molecule has 0 spiro atoms. The van der Waals surface area contributed by atoms with Gasteiger partial charge in [-0.05, 0) is 49.7 Å². The lowest BCUT2D eigenvalue weighted by Gasteiger charge is -2.29. The van der Waals surface area contributed by atoms with Crippen molar-refractivity contribution < 1.29 is 0 Å². The predicted molar refractivity (Wildman–Crippen MR) is 70.4 cm³/mol. The van der Waals surface area contributed by atoms with E-state index in [9.17, 15) is 0 Å². The van der Waals surface area contributed by atoms with Crippen LogP contribution in [-0.4, -0.2) is 9.55 Å². The molecule has 2 nitrogen and oxygen atoms in total. The Morgan fingerprint density at radius 3 is 2.50 bits per heavy atom. The summed E-state index contributed by atoms with van der Waals surface area (Å²) < 4.78 is 3.27. The molecule has 1 fully saturated rings. The molecule has 2 rings (SSSR count). The zero-order valence-corrected chi connectivity index (χ0v) is 11.3. The zero-order valence-electron chi connectivity index (χ0n) is 10.5. The second-order valence-electron chi connectivity index (χ2n) is 5.46. The molecule has 1 saturated carbocycles. The van der Waals surface area contributed by atoms with Crippen LogP contribution in [0.2, 0.25) is 0 Å². The van der Waals surface area contributed by atoms with Crippen molar-refractivity contribution in [1.82, 2.24) is 9.55 Å². The Kier molecular flexibility index (Phi) is 3.53. The predicted octanol–water partition coefficient (Wildman–Crippen LogP) is 4.42. The van der Waals surface area contributed by atoms with Crippen LogP contribution in [0, 0.1) is 10.7 Å². The van der Waals surface area contributed by atoms with Gasteiger partial charge in [-0.1, -0.05) is 20.8 Å². The molecule has 0 aromatic carbocycles. The lowest BCUT2D eigenvalue weighted by Crippen LogP contribution is -2.19. The maximum Gasteiger partial charge on any atom is 0.177 e. The fourth-order valence-electron chi connectivity index (χ4n) is 2.71. The van der Waals surface area contributed by atoms with Crippen molar-refractivity contribution in [2.45, 2.75) is 58.4 Å². The molecule has 90 valence electrons. The molecular formula is C13H22N2S. The molecule has 0 unspecified atom stereocenters. The highest BCUT2D eigenvalue weighted by Gasteiger charge is 2.22. The Labute approximate surface area is 103 Å². The van der Waals surface area contributed by atoms with Gasteiger partial charge in [-0.15, -0.1) is 0 Å². The monoisotopic (exact) mass is 238 g/mol. The van der Waals surface area contributed by atoms with Gasteiger partial charge in [0.1, 0.15) is 0 Å². The van der Waals surface area contributed by atoms with E-state index in [1.165, 1.54) is 31.4 Å². The number of hydrogen-bond donors (Lipinski definition) is 1. The highest BCUT2D eigenvalue weighted by Crippen LogP contribution is 2.34. The molecule has 0 radical (unpaired) electrons. The van der Waals surface area contributed by atoms with Crippen molar-refractivity contribution in [2.75, 3.05) is 0 Å². The third-order valence-electron chi connectivity index (χ3n) is 3.78. The van der Waals surface area contributed by atoms with Crippen molar-refractivity contribution >= 4 is 12.2 Å². The number of H-pyrrole nitrogens is 1. The van der Waals surface area contributed by atoms with Gasteiger partial charge in [0.25, 0.3) is 0 Å².